The van der Waals surface area contributed by atoms with Gasteiger partial charge in [0.1, 0.15) is 11.4 Å². The molecule has 10 heteroatoms. The second-order valence-electron chi connectivity index (χ2n) is 11.8. The van der Waals surface area contributed by atoms with Gasteiger partial charge in [-0.25, -0.2) is 4.98 Å². The van der Waals surface area contributed by atoms with E-state index in [1.165, 1.54) is 0 Å². The fourth-order valence-corrected chi connectivity index (χ4v) is 6.37. The maximum Gasteiger partial charge on any atom is 0.311 e. The molecule has 238 valence electrons. The van der Waals surface area contributed by atoms with Crippen LogP contribution in [-0.4, -0.2) is 51.8 Å². The summed E-state index contributed by atoms with van der Waals surface area (Å²) in [5, 5.41) is 11.9. The molecule has 4 aromatic carbocycles. The highest BCUT2D eigenvalue weighted by atomic mass is 16.7. The molecule has 2 aliphatic heterocycles. The molecule has 1 amide bonds. The van der Waals surface area contributed by atoms with E-state index in [0.717, 1.165) is 27.4 Å². The Balaban J connectivity index is 1.26. The van der Waals surface area contributed by atoms with Crippen molar-refractivity contribution in [2.75, 3.05) is 6.79 Å². The molecule has 3 heterocycles. The Kier molecular flexibility index (Phi) is 8.07. The minimum atomic E-state index is -1.43. The molecular weight excluding hydrogens is 600 g/mol. The number of nitrogens with zero attached hydrogens (tertiary/aromatic N) is 2. The van der Waals surface area contributed by atoms with Crippen LogP contribution in [0.15, 0.2) is 95.4 Å². The van der Waals surface area contributed by atoms with E-state index in [4.69, 9.17) is 18.6 Å². The number of allylic oxidation sites excluding steroid dienone is 1. The van der Waals surface area contributed by atoms with Crippen LogP contribution in [0.3, 0.4) is 0 Å². The number of amides is 1. The van der Waals surface area contributed by atoms with Crippen molar-refractivity contribution >= 4 is 45.8 Å². The standard InChI is InChI=1S/C37H32N2O8/c1-22(27(26-15-16-31-32(18-26)45-21-44-31)9-6-12-33-38-29-10-4-5-11-30(29)46-33)39(36(41)35-28(37(42)43)19-34(40)47-35)20-23-13-14-24-7-2-3-8-25(24)17-23/h2-8,10-18,22,27-28,35H,9,19-21H2,1H3,(H,42,43)/b12-6+. The molecule has 0 bridgehead atoms. The summed E-state index contributed by atoms with van der Waals surface area (Å²) >= 11 is 0. The van der Waals surface area contributed by atoms with Crippen molar-refractivity contribution in [2.45, 2.75) is 44.4 Å². The molecule has 7 rings (SSSR count). The number of ether oxygens (including phenoxy) is 3. The molecule has 1 N–H and O–H groups in total. The van der Waals surface area contributed by atoms with Gasteiger partial charge >= 0.3 is 11.9 Å². The lowest BCUT2D eigenvalue weighted by Gasteiger charge is -2.36. The first-order valence-electron chi connectivity index (χ1n) is 15.5. The van der Waals surface area contributed by atoms with E-state index in [2.05, 4.69) is 4.98 Å². The molecule has 0 spiro atoms. The molecule has 1 aromatic heterocycles. The quantitative estimate of drug-likeness (QED) is 0.176. The number of aliphatic carboxylic acids is 1. The molecule has 2 aliphatic rings. The Labute approximate surface area is 270 Å². The normalized spacial score (nSPS) is 18.4. The third kappa shape index (κ3) is 6.14. The Hall–Kier alpha value is -5.64. The highest BCUT2D eigenvalue weighted by Crippen LogP contribution is 2.39. The number of hydrogen-bond acceptors (Lipinski definition) is 8. The first kappa shape index (κ1) is 30.0. The number of esters is 1. The minimum Gasteiger partial charge on any atom is -0.481 e. The Bertz CT molecular complexity index is 1980. The molecule has 0 saturated carbocycles. The van der Waals surface area contributed by atoms with Crippen molar-refractivity contribution in [3.05, 3.63) is 108 Å². The molecule has 0 radical (unpaired) electrons. The fraction of sp³-hybridized carbons (Fsp3) is 0.243. The molecular formula is C37H32N2O8. The van der Waals surface area contributed by atoms with E-state index in [-0.39, 0.29) is 25.7 Å². The van der Waals surface area contributed by atoms with Crippen LogP contribution in [0.25, 0.3) is 27.9 Å². The van der Waals surface area contributed by atoms with Gasteiger partial charge in [-0.05, 0) is 71.7 Å². The summed E-state index contributed by atoms with van der Waals surface area (Å²) in [6, 6.07) is 26.6. The number of oxazole rings is 1. The third-order valence-corrected chi connectivity index (χ3v) is 8.88. The van der Waals surface area contributed by atoms with Gasteiger partial charge in [0.2, 0.25) is 12.7 Å². The highest BCUT2D eigenvalue weighted by Gasteiger charge is 2.47. The molecule has 1 fully saturated rings. The van der Waals surface area contributed by atoms with Crippen molar-refractivity contribution < 1.29 is 38.1 Å². The summed E-state index contributed by atoms with van der Waals surface area (Å²) in [5.74, 6) is -2.39. The fourth-order valence-electron chi connectivity index (χ4n) is 6.37. The number of carboxylic acids is 1. The molecule has 1 saturated heterocycles. The van der Waals surface area contributed by atoms with Gasteiger partial charge < -0.3 is 28.6 Å². The predicted octanol–water partition coefficient (Wildman–Crippen LogP) is 6.33. The summed E-state index contributed by atoms with van der Waals surface area (Å²) in [6.45, 7) is 2.21. The van der Waals surface area contributed by atoms with Crippen molar-refractivity contribution in [1.82, 2.24) is 9.88 Å². The van der Waals surface area contributed by atoms with Crippen LogP contribution in [0.4, 0.5) is 0 Å². The number of hydrogen-bond donors (Lipinski definition) is 1. The number of fused-ring (bicyclic) bond motifs is 3. The van der Waals surface area contributed by atoms with Crippen molar-refractivity contribution in [3.8, 4) is 11.5 Å². The molecule has 4 unspecified atom stereocenters. The highest BCUT2D eigenvalue weighted by molar-refractivity contribution is 5.94. The zero-order chi connectivity index (χ0) is 32.5. The van der Waals surface area contributed by atoms with Crippen LogP contribution in [-0.2, 0) is 25.7 Å². The van der Waals surface area contributed by atoms with Gasteiger partial charge in [0, 0.05) is 18.5 Å². The van der Waals surface area contributed by atoms with Crippen LogP contribution in [0.5, 0.6) is 11.5 Å². The summed E-state index contributed by atoms with van der Waals surface area (Å²) in [7, 11) is 0. The number of carbonyl (C=O) groups is 3. The lowest BCUT2D eigenvalue weighted by Crippen LogP contribution is -2.48. The number of aromatic nitrogens is 1. The molecule has 5 aromatic rings. The van der Waals surface area contributed by atoms with Gasteiger partial charge in [-0.1, -0.05) is 60.7 Å². The van der Waals surface area contributed by atoms with Crippen LogP contribution in [0.2, 0.25) is 0 Å². The summed E-state index contributed by atoms with van der Waals surface area (Å²) < 4.78 is 22.5. The van der Waals surface area contributed by atoms with Gasteiger partial charge in [0.25, 0.3) is 5.91 Å². The largest absolute Gasteiger partial charge is 0.481 e. The van der Waals surface area contributed by atoms with Crippen LogP contribution < -0.4 is 9.47 Å². The maximum absolute atomic E-state index is 14.3. The number of carbonyl (C=O) groups excluding carboxylic acids is 2. The van der Waals surface area contributed by atoms with Gasteiger partial charge in [-0.3, -0.25) is 14.4 Å². The summed E-state index contributed by atoms with van der Waals surface area (Å²) in [4.78, 5) is 44.9. The van der Waals surface area contributed by atoms with Crippen molar-refractivity contribution in [2.24, 2.45) is 5.92 Å². The van der Waals surface area contributed by atoms with Gasteiger partial charge in [0.15, 0.2) is 23.2 Å². The summed E-state index contributed by atoms with van der Waals surface area (Å²) in [5.41, 5.74) is 3.17. The zero-order valence-corrected chi connectivity index (χ0v) is 25.6. The Morgan fingerprint density at radius 3 is 2.60 bits per heavy atom. The van der Waals surface area contributed by atoms with Crippen molar-refractivity contribution in [3.63, 3.8) is 0 Å². The van der Waals surface area contributed by atoms with E-state index in [1.54, 1.807) is 11.0 Å². The number of carboxylic acid groups (broad SMARTS) is 1. The second kappa shape index (κ2) is 12.6. The van der Waals surface area contributed by atoms with E-state index in [1.807, 2.05) is 97.9 Å². The topological polar surface area (TPSA) is 128 Å². The molecule has 10 nitrogen and oxygen atoms in total. The number of para-hydroxylation sites is 2. The average Bonchev–Trinajstić information content (AvgIpc) is 3.82. The van der Waals surface area contributed by atoms with E-state index >= 15 is 0 Å². The van der Waals surface area contributed by atoms with E-state index in [9.17, 15) is 19.5 Å². The first-order valence-corrected chi connectivity index (χ1v) is 15.5. The Morgan fingerprint density at radius 2 is 1.77 bits per heavy atom. The van der Waals surface area contributed by atoms with E-state index in [0.29, 0.717) is 29.4 Å². The molecule has 0 aliphatic carbocycles. The predicted molar refractivity (Wildman–Crippen MR) is 173 cm³/mol. The van der Waals surface area contributed by atoms with E-state index < -0.39 is 35.9 Å². The number of rotatable bonds is 10. The van der Waals surface area contributed by atoms with Gasteiger partial charge in [-0.2, -0.15) is 0 Å². The second-order valence-corrected chi connectivity index (χ2v) is 11.8. The average molecular weight is 633 g/mol. The lowest BCUT2D eigenvalue weighted by molar-refractivity contribution is -0.159. The van der Waals surface area contributed by atoms with Crippen LogP contribution in [0, 0.1) is 5.92 Å². The third-order valence-electron chi connectivity index (χ3n) is 8.88. The first-order chi connectivity index (χ1) is 22.8. The summed E-state index contributed by atoms with van der Waals surface area (Å²) in [6.07, 6.45) is 2.43. The molecule has 47 heavy (non-hydrogen) atoms. The molecule has 4 atom stereocenters. The number of cyclic esters (lactones) is 1. The smallest absolute Gasteiger partial charge is 0.311 e. The van der Waals surface area contributed by atoms with Gasteiger partial charge in [0.05, 0.1) is 6.42 Å². The number of benzene rings is 4. The SMILES string of the molecule is CC(C(C/C=C/c1nc2ccccc2o1)c1ccc2c(c1)OCO2)N(Cc1ccc2ccccc2c1)C(=O)C1OC(=O)CC1C(=O)O. The zero-order valence-electron chi connectivity index (χ0n) is 25.6. The Morgan fingerprint density at radius 1 is 0.979 bits per heavy atom. The van der Waals surface area contributed by atoms with Gasteiger partial charge in [-0.15, -0.1) is 0 Å². The maximum atomic E-state index is 14.3. The monoisotopic (exact) mass is 632 g/mol. The minimum absolute atomic E-state index is 0.118. The van der Waals surface area contributed by atoms with Crippen molar-refractivity contribution in [1.29, 1.82) is 0 Å². The lowest BCUT2D eigenvalue weighted by atomic mass is 9.87. The van der Waals surface area contributed by atoms with Crippen LogP contribution >= 0.6 is 0 Å². The van der Waals surface area contributed by atoms with Crippen LogP contribution in [0.1, 0.15) is 42.7 Å².